The van der Waals surface area contributed by atoms with Crippen molar-refractivity contribution < 1.29 is 8.83 Å². The average molecular weight is 691 g/mol. The number of furan rings is 2. The molecule has 5 heteroatoms. The maximum Gasteiger partial charge on any atom is 0.263 e. The molecule has 0 radical (unpaired) electrons. The summed E-state index contributed by atoms with van der Waals surface area (Å²) < 4.78 is 17.3. The van der Waals surface area contributed by atoms with Crippen LogP contribution in [0, 0.1) is 0 Å². The van der Waals surface area contributed by atoms with Crippen LogP contribution in [-0.2, 0) is 0 Å². The van der Waals surface area contributed by atoms with Crippen LogP contribution in [0.4, 0.5) is 0 Å². The highest BCUT2D eigenvalue weighted by molar-refractivity contribution is 6.25. The van der Waals surface area contributed by atoms with Crippen LogP contribution in [-0.4, -0.2) is 8.97 Å². The molecule has 0 amide bonds. The van der Waals surface area contributed by atoms with Crippen LogP contribution in [0.2, 0.25) is 0 Å². The molecule has 0 spiro atoms. The van der Waals surface area contributed by atoms with Crippen molar-refractivity contribution in [3.63, 3.8) is 0 Å². The summed E-state index contributed by atoms with van der Waals surface area (Å²) in [7, 11) is 0. The second kappa shape index (κ2) is 9.94. The summed E-state index contributed by atoms with van der Waals surface area (Å²) in [5.74, 6) is 0. The Morgan fingerprint density at radius 1 is 0.407 bits per heavy atom. The molecule has 8 aromatic carbocycles. The van der Waals surface area contributed by atoms with E-state index in [1.54, 1.807) is 0 Å². The van der Waals surface area contributed by atoms with Gasteiger partial charge in [-0.2, -0.15) is 0 Å². The van der Waals surface area contributed by atoms with Gasteiger partial charge in [-0.15, -0.1) is 0 Å². The van der Waals surface area contributed by atoms with Gasteiger partial charge in [-0.1, -0.05) is 91.0 Å². The summed E-state index contributed by atoms with van der Waals surface area (Å²) in [5.41, 5.74) is 10.8. The summed E-state index contributed by atoms with van der Waals surface area (Å²) >= 11 is 0. The topological polar surface area (TPSA) is 52.7 Å². The number of pyridine rings is 1. The number of para-hydroxylation sites is 3. The lowest BCUT2D eigenvalue weighted by atomic mass is 9.97. The third-order valence-electron chi connectivity index (χ3n) is 11.7. The Kier molecular flexibility index (Phi) is 5.20. The van der Waals surface area contributed by atoms with Gasteiger partial charge < -0.3 is 13.4 Å². The van der Waals surface area contributed by atoms with Crippen molar-refractivity contribution in [2.24, 2.45) is 0 Å². The van der Waals surface area contributed by atoms with E-state index in [0.717, 1.165) is 120 Å². The fourth-order valence-corrected chi connectivity index (χ4v) is 9.40. The van der Waals surface area contributed by atoms with Crippen molar-refractivity contribution in [1.29, 1.82) is 0 Å². The SMILES string of the molecule is O=c1c2ccccc2c2cccc3c4cc(-c5cccc6oc7ccc(-n8c9ccccc9c9c%10oc%11ccccc%11c%10ccc98)cc7c56)ccc4n1c23. The molecule has 5 aromatic heterocycles. The molecule has 5 nitrogen and oxygen atoms in total. The van der Waals surface area contributed by atoms with Crippen LogP contribution >= 0.6 is 0 Å². The van der Waals surface area contributed by atoms with E-state index >= 15 is 0 Å². The van der Waals surface area contributed by atoms with Gasteiger partial charge in [0.2, 0.25) is 0 Å². The fraction of sp³-hybridized carbons (Fsp3) is 0. The van der Waals surface area contributed by atoms with Gasteiger partial charge in [0.1, 0.15) is 22.3 Å². The zero-order valence-electron chi connectivity index (χ0n) is 28.6. The standard InChI is InChI=1S/C49H26N2O3/c52-49-35-11-2-1-9-30(35)32-14-7-15-33-37-25-27(19-22-40(37)51(49)47(32)33)29-13-8-18-44-45(29)38-26-28(20-24-43(38)53-44)50-39-16-5-3-12-36(39)46-41(50)23-21-34-31-10-4-6-17-42(31)54-48(34)46/h1-26H. The Hall–Kier alpha value is -7.37. The van der Waals surface area contributed by atoms with Crippen molar-refractivity contribution in [1.82, 2.24) is 8.97 Å². The lowest BCUT2D eigenvalue weighted by Crippen LogP contribution is -2.12. The number of rotatable bonds is 2. The van der Waals surface area contributed by atoms with Gasteiger partial charge >= 0.3 is 0 Å². The molecular formula is C49H26N2O3. The Balaban J connectivity index is 1.07. The molecule has 0 N–H and O–H groups in total. The van der Waals surface area contributed by atoms with E-state index in [4.69, 9.17) is 8.83 Å². The van der Waals surface area contributed by atoms with E-state index < -0.39 is 0 Å². The van der Waals surface area contributed by atoms with Gasteiger partial charge in [-0.3, -0.25) is 9.20 Å². The zero-order valence-corrected chi connectivity index (χ0v) is 28.6. The molecular weight excluding hydrogens is 665 g/mol. The van der Waals surface area contributed by atoms with Crippen LogP contribution in [0.25, 0.3) is 120 Å². The summed E-state index contributed by atoms with van der Waals surface area (Å²) in [5, 5.41) is 11.5. The molecule has 54 heavy (non-hydrogen) atoms. The van der Waals surface area contributed by atoms with Crippen LogP contribution in [0.3, 0.4) is 0 Å². The molecule has 0 saturated carbocycles. The number of aromatic nitrogens is 2. The summed E-state index contributed by atoms with van der Waals surface area (Å²) in [6.07, 6.45) is 0. The monoisotopic (exact) mass is 690 g/mol. The van der Waals surface area contributed by atoms with Gasteiger partial charge in [-0.05, 0) is 83.2 Å². The van der Waals surface area contributed by atoms with E-state index in [2.05, 4.69) is 120 Å². The van der Waals surface area contributed by atoms with E-state index in [-0.39, 0.29) is 5.56 Å². The number of fused-ring (bicyclic) bond motifs is 15. The van der Waals surface area contributed by atoms with E-state index in [9.17, 15) is 4.79 Å². The van der Waals surface area contributed by atoms with Gasteiger partial charge in [0.25, 0.3) is 5.56 Å². The Morgan fingerprint density at radius 3 is 2.02 bits per heavy atom. The molecule has 5 heterocycles. The molecule has 0 saturated heterocycles. The first-order chi connectivity index (χ1) is 26.7. The lowest BCUT2D eigenvalue weighted by molar-refractivity contribution is 0.669. The number of benzene rings is 8. The zero-order chi connectivity index (χ0) is 35.2. The molecule has 0 fully saturated rings. The first kappa shape index (κ1) is 28.2. The van der Waals surface area contributed by atoms with E-state index in [0.29, 0.717) is 0 Å². The Morgan fingerprint density at radius 2 is 1.11 bits per heavy atom. The van der Waals surface area contributed by atoms with Crippen molar-refractivity contribution in [3.05, 3.63) is 168 Å². The molecule has 0 aliphatic heterocycles. The smallest absolute Gasteiger partial charge is 0.263 e. The molecule has 13 aromatic rings. The minimum absolute atomic E-state index is 0.0126. The third-order valence-corrected chi connectivity index (χ3v) is 11.7. The first-order valence-electron chi connectivity index (χ1n) is 18.2. The normalized spacial score (nSPS) is 12.5. The van der Waals surface area contributed by atoms with Gasteiger partial charge in [0, 0.05) is 54.2 Å². The molecule has 0 aliphatic rings. The van der Waals surface area contributed by atoms with Crippen molar-refractivity contribution >= 4 is 104 Å². The van der Waals surface area contributed by atoms with Gasteiger partial charge in [0.15, 0.2) is 0 Å². The van der Waals surface area contributed by atoms with E-state index in [1.165, 1.54) is 0 Å². The third kappa shape index (κ3) is 3.46. The highest BCUT2D eigenvalue weighted by Gasteiger charge is 2.21. The number of nitrogens with zero attached hydrogens (tertiary/aromatic N) is 2. The largest absolute Gasteiger partial charge is 0.456 e. The second-order valence-corrected chi connectivity index (χ2v) is 14.4. The quantitative estimate of drug-likeness (QED) is 0.170. The molecule has 0 aliphatic carbocycles. The van der Waals surface area contributed by atoms with Crippen LogP contribution < -0.4 is 5.56 Å². The summed E-state index contributed by atoms with van der Waals surface area (Å²) in [4.78, 5) is 14.0. The minimum Gasteiger partial charge on any atom is -0.456 e. The highest BCUT2D eigenvalue weighted by Crippen LogP contribution is 2.43. The molecule has 0 bridgehead atoms. The minimum atomic E-state index is 0.0126. The number of hydrogen-bond donors (Lipinski definition) is 0. The second-order valence-electron chi connectivity index (χ2n) is 14.4. The maximum absolute atomic E-state index is 14.0. The van der Waals surface area contributed by atoms with Crippen LogP contribution in [0.15, 0.2) is 171 Å². The number of hydrogen-bond acceptors (Lipinski definition) is 3. The predicted octanol–water partition coefficient (Wildman–Crippen LogP) is 12.8. The summed E-state index contributed by atoms with van der Waals surface area (Å²) in [6, 6.07) is 54.8. The van der Waals surface area contributed by atoms with Crippen molar-refractivity contribution in [2.75, 3.05) is 0 Å². The van der Waals surface area contributed by atoms with Crippen LogP contribution in [0.5, 0.6) is 0 Å². The van der Waals surface area contributed by atoms with Crippen molar-refractivity contribution in [3.8, 4) is 16.8 Å². The van der Waals surface area contributed by atoms with E-state index in [1.807, 2.05) is 46.9 Å². The van der Waals surface area contributed by atoms with Crippen molar-refractivity contribution in [2.45, 2.75) is 0 Å². The highest BCUT2D eigenvalue weighted by atomic mass is 16.3. The van der Waals surface area contributed by atoms with Gasteiger partial charge in [-0.25, -0.2) is 0 Å². The van der Waals surface area contributed by atoms with Crippen LogP contribution in [0.1, 0.15) is 0 Å². The Labute approximate surface area is 305 Å². The predicted molar refractivity (Wildman–Crippen MR) is 222 cm³/mol. The molecule has 0 unspecified atom stereocenters. The molecule has 0 atom stereocenters. The maximum atomic E-state index is 14.0. The lowest BCUT2D eigenvalue weighted by Gasteiger charge is -2.09. The Bertz CT molecular complexity index is 3820. The van der Waals surface area contributed by atoms with Gasteiger partial charge in [0.05, 0.1) is 27.5 Å². The molecule has 13 rings (SSSR count). The fourth-order valence-electron chi connectivity index (χ4n) is 9.40. The first-order valence-corrected chi connectivity index (χ1v) is 18.2. The molecule has 250 valence electrons. The average Bonchev–Trinajstić information content (AvgIpc) is 3.97. The summed E-state index contributed by atoms with van der Waals surface area (Å²) in [6.45, 7) is 0.